The van der Waals surface area contributed by atoms with Crippen molar-refractivity contribution in [2.45, 2.75) is 12.8 Å². The molecule has 16 heavy (non-hydrogen) atoms. The molecule has 0 bridgehead atoms. The first-order chi connectivity index (χ1) is 7.68. The molecule has 0 amide bonds. The van der Waals surface area contributed by atoms with Crippen LogP contribution in [0, 0.1) is 0 Å². The molecule has 0 heterocycles. The molecule has 0 unspecified atom stereocenters. The van der Waals surface area contributed by atoms with Gasteiger partial charge in [-0.2, -0.15) is 0 Å². The van der Waals surface area contributed by atoms with Crippen molar-refractivity contribution in [3.8, 4) is 0 Å². The summed E-state index contributed by atoms with van der Waals surface area (Å²) in [7, 11) is 0. The van der Waals surface area contributed by atoms with E-state index in [2.05, 4.69) is 10.9 Å². The highest BCUT2D eigenvalue weighted by Gasteiger charge is 2.04. The summed E-state index contributed by atoms with van der Waals surface area (Å²) in [6.45, 7) is 0.113. The molecule has 0 atom stereocenters. The Morgan fingerprint density at radius 2 is 1.81 bits per heavy atom. The van der Waals surface area contributed by atoms with Crippen LogP contribution in [0.15, 0.2) is 30.3 Å². The third-order valence-electron chi connectivity index (χ3n) is 1.91. The first-order valence-corrected chi connectivity index (χ1v) is 4.96. The van der Waals surface area contributed by atoms with Crippen molar-refractivity contribution in [2.75, 3.05) is 12.0 Å². The van der Waals surface area contributed by atoms with Crippen molar-refractivity contribution in [3.05, 3.63) is 30.3 Å². The van der Waals surface area contributed by atoms with Crippen molar-refractivity contribution in [2.24, 2.45) is 0 Å². The molecule has 0 aromatic heterocycles. The van der Waals surface area contributed by atoms with Crippen LogP contribution >= 0.6 is 0 Å². The van der Waals surface area contributed by atoms with Gasteiger partial charge in [-0.1, -0.05) is 18.2 Å². The molecule has 1 aromatic carbocycles. The lowest BCUT2D eigenvalue weighted by Gasteiger charge is -2.06. The lowest BCUT2D eigenvalue weighted by atomic mass is 10.2. The molecule has 0 saturated carbocycles. The Morgan fingerprint density at radius 3 is 2.44 bits per heavy atom. The molecule has 1 aromatic rings. The van der Waals surface area contributed by atoms with E-state index in [9.17, 15) is 9.59 Å². The number of hydrogen-bond donors (Lipinski definition) is 3. The Bertz CT molecular complexity index is 352. The summed E-state index contributed by atoms with van der Waals surface area (Å²) in [5.41, 5.74) is 6.43. The number of nitrogens with one attached hydrogen (secondary N) is 2. The first-order valence-electron chi connectivity index (χ1n) is 4.96. The minimum absolute atomic E-state index is 0.0544. The molecular formula is C11H14N2O3. The lowest BCUT2D eigenvalue weighted by molar-refractivity contribution is -0.138. The maximum atomic E-state index is 11.2. The molecule has 0 fully saturated rings. The number of rotatable bonds is 7. The highest BCUT2D eigenvalue weighted by atomic mass is 16.4. The monoisotopic (exact) mass is 222 g/mol. The van der Waals surface area contributed by atoms with E-state index in [1.165, 1.54) is 0 Å². The maximum absolute atomic E-state index is 11.2. The van der Waals surface area contributed by atoms with Crippen LogP contribution in [0.25, 0.3) is 0 Å². The van der Waals surface area contributed by atoms with Crippen molar-refractivity contribution in [1.29, 1.82) is 0 Å². The topological polar surface area (TPSA) is 78.4 Å². The molecule has 0 aliphatic rings. The van der Waals surface area contributed by atoms with Crippen molar-refractivity contribution >= 4 is 17.4 Å². The van der Waals surface area contributed by atoms with Crippen molar-refractivity contribution in [3.63, 3.8) is 0 Å². The van der Waals surface area contributed by atoms with E-state index < -0.39 is 5.97 Å². The number of carboxylic acids is 1. The van der Waals surface area contributed by atoms with Gasteiger partial charge in [-0.3, -0.25) is 9.59 Å². The van der Waals surface area contributed by atoms with Gasteiger partial charge >= 0.3 is 5.97 Å². The van der Waals surface area contributed by atoms with Gasteiger partial charge in [-0.25, -0.2) is 5.43 Å². The van der Waals surface area contributed by atoms with Crippen LogP contribution in [0.5, 0.6) is 0 Å². The summed E-state index contributed by atoms with van der Waals surface area (Å²) in [5.74, 6) is -1.09. The van der Waals surface area contributed by atoms with Crippen LogP contribution in [-0.2, 0) is 9.59 Å². The summed E-state index contributed by atoms with van der Waals surface area (Å²) in [6.07, 6.45) is -0.0648. The van der Waals surface area contributed by atoms with Crippen LogP contribution in [0.2, 0.25) is 0 Å². The number of anilines is 1. The van der Waals surface area contributed by atoms with E-state index in [0.29, 0.717) is 0 Å². The largest absolute Gasteiger partial charge is 0.481 e. The number of carbonyl (C=O) groups is 2. The zero-order valence-electron chi connectivity index (χ0n) is 8.77. The van der Waals surface area contributed by atoms with Crippen molar-refractivity contribution in [1.82, 2.24) is 5.43 Å². The fourth-order valence-electron chi connectivity index (χ4n) is 1.10. The quantitative estimate of drug-likeness (QED) is 0.601. The van der Waals surface area contributed by atoms with E-state index in [1.807, 2.05) is 30.3 Å². The van der Waals surface area contributed by atoms with Gasteiger partial charge in [-0.15, -0.1) is 0 Å². The number of hydrogen-bond acceptors (Lipinski definition) is 4. The Morgan fingerprint density at radius 1 is 1.12 bits per heavy atom. The number of ketones is 1. The second kappa shape index (κ2) is 6.58. The number of benzene rings is 1. The Kier molecular flexibility index (Phi) is 5.01. The lowest BCUT2D eigenvalue weighted by Crippen LogP contribution is -2.28. The summed E-state index contributed by atoms with van der Waals surface area (Å²) in [5, 5.41) is 8.38. The van der Waals surface area contributed by atoms with Crippen LogP contribution < -0.4 is 10.9 Å². The minimum atomic E-state index is -0.954. The van der Waals surface area contributed by atoms with Crippen LogP contribution in [-0.4, -0.2) is 23.4 Å². The molecule has 0 aliphatic heterocycles. The highest BCUT2D eigenvalue weighted by molar-refractivity contribution is 5.84. The number of para-hydroxylation sites is 1. The molecule has 0 spiro atoms. The van der Waals surface area contributed by atoms with E-state index in [-0.39, 0.29) is 25.2 Å². The predicted octanol–water partition coefficient (Wildman–Crippen LogP) is 1.04. The smallest absolute Gasteiger partial charge is 0.303 e. The number of hydrazine groups is 1. The van der Waals surface area contributed by atoms with Crippen LogP contribution in [0.1, 0.15) is 12.8 Å². The predicted molar refractivity (Wildman–Crippen MR) is 59.9 cm³/mol. The van der Waals surface area contributed by atoms with Crippen molar-refractivity contribution < 1.29 is 14.7 Å². The second-order valence-corrected chi connectivity index (χ2v) is 3.28. The molecule has 86 valence electrons. The minimum Gasteiger partial charge on any atom is -0.481 e. The van der Waals surface area contributed by atoms with Gasteiger partial charge in [0.2, 0.25) is 0 Å². The molecule has 0 radical (unpaired) electrons. The SMILES string of the molecule is O=C(O)CCC(=O)CNNc1ccccc1. The van der Waals surface area contributed by atoms with Gasteiger partial charge in [0.1, 0.15) is 5.78 Å². The summed E-state index contributed by atoms with van der Waals surface area (Å²) >= 11 is 0. The standard InChI is InChI=1S/C11H14N2O3/c14-10(6-7-11(15)16)8-12-13-9-4-2-1-3-5-9/h1-5,12-13H,6-8H2,(H,15,16). The Balaban J connectivity index is 2.16. The zero-order valence-corrected chi connectivity index (χ0v) is 8.77. The second-order valence-electron chi connectivity index (χ2n) is 3.28. The first kappa shape index (κ1) is 12.2. The third-order valence-corrected chi connectivity index (χ3v) is 1.91. The molecule has 1 rings (SSSR count). The van der Waals surface area contributed by atoms with E-state index in [1.54, 1.807) is 0 Å². The normalized spacial score (nSPS) is 9.75. The summed E-state index contributed by atoms with van der Waals surface area (Å²) < 4.78 is 0. The maximum Gasteiger partial charge on any atom is 0.303 e. The molecule has 5 nitrogen and oxygen atoms in total. The van der Waals surface area contributed by atoms with Crippen LogP contribution in [0.4, 0.5) is 5.69 Å². The highest BCUT2D eigenvalue weighted by Crippen LogP contribution is 2.02. The van der Waals surface area contributed by atoms with E-state index in [0.717, 1.165) is 5.69 Å². The van der Waals surface area contributed by atoms with E-state index >= 15 is 0 Å². The van der Waals surface area contributed by atoms with E-state index in [4.69, 9.17) is 5.11 Å². The zero-order chi connectivity index (χ0) is 11.8. The molecule has 5 heteroatoms. The number of carboxylic acid groups (broad SMARTS) is 1. The van der Waals surface area contributed by atoms with Gasteiger partial charge in [0.05, 0.1) is 13.0 Å². The van der Waals surface area contributed by atoms with Gasteiger partial charge in [0.25, 0.3) is 0 Å². The number of aliphatic carboxylic acids is 1. The molecule has 3 N–H and O–H groups in total. The van der Waals surface area contributed by atoms with Gasteiger partial charge in [-0.05, 0) is 12.1 Å². The average Bonchev–Trinajstić information content (AvgIpc) is 2.28. The fourth-order valence-corrected chi connectivity index (χ4v) is 1.10. The Labute approximate surface area is 93.4 Å². The van der Waals surface area contributed by atoms with Gasteiger partial charge in [0, 0.05) is 12.1 Å². The van der Waals surface area contributed by atoms with Gasteiger partial charge in [0.15, 0.2) is 0 Å². The molecule has 0 saturated heterocycles. The third kappa shape index (κ3) is 5.11. The fraction of sp³-hybridized carbons (Fsp3) is 0.273. The van der Waals surface area contributed by atoms with Crippen LogP contribution in [0.3, 0.4) is 0 Å². The molecular weight excluding hydrogens is 208 g/mol. The number of carbonyl (C=O) groups excluding carboxylic acids is 1. The summed E-state index contributed by atoms with van der Waals surface area (Å²) in [6, 6.07) is 9.35. The average molecular weight is 222 g/mol. The number of Topliss-reactive ketones (excluding diaryl/α,β-unsaturated/α-hetero) is 1. The summed E-state index contributed by atoms with van der Waals surface area (Å²) in [4.78, 5) is 21.4. The Hall–Kier alpha value is -1.88. The molecule has 0 aliphatic carbocycles. The van der Waals surface area contributed by atoms with Gasteiger partial charge < -0.3 is 10.5 Å².